The molecule has 0 atom stereocenters. The van der Waals surface area contributed by atoms with E-state index in [1.165, 1.54) is 0 Å². The summed E-state index contributed by atoms with van der Waals surface area (Å²) in [4.78, 5) is 2.41. The molecule has 1 radical (unpaired) electrons. The van der Waals surface area contributed by atoms with Crippen molar-refractivity contribution in [3.05, 3.63) is 18.0 Å². The third-order valence-corrected chi connectivity index (χ3v) is 2.30. The molecule has 13 heavy (non-hydrogen) atoms. The Morgan fingerprint density at radius 3 is 3.08 bits per heavy atom. The minimum absolute atomic E-state index is 0.870. The summed E-state index contributed by atoms with van der Waals surface area (Å²) in [6, 6.07) is 0. The highest BCUT2D eigenvalue weighted by Gasteiger charge is 2.09. The van der Waals surface area contributed by atoms with Crippen molar-refractivity contribution >= 4 is 0 Å². The summed E-state index contributed by atoms with van der Waals surface area (Å²) in [7, 11) is 0. The van der Waals surface area contributed by atoms with E-state index in [0.717, 1.165) is 44.8 Å². The first-order chi connectivity index (χ1) is 6.45. The van der Waals surface area contributed by atoms with E-state index in [-0.39, 0.29) is 0 Å². The van der Waals surface area contributed by atoms with Gasteiger partial charge in [0, 0.05) is 31.4 Å². The van der Waals surface area contributed by atoms with Crippen LogP contribution in [0.25, 0.3) is 0 Å². The van der Waals surface area contributed by atoms with Crippen molar-refractivity contribution in [3.63, 3.8) is 0 Å². The van der Waals surface area contributed by atoms with Gasteiger partial charge in [-0.05, 0) is 6.42 Å². The molecule has 4 nitrogen and oxygen atoms in total. The van der Waals surface area contributed by atoms with E-state index >= 15 is 0 Å². The number of rotatable bonds is 3. The lowest BCUT2D eigenvalue weighted by Gasteiger charge is -2.26. The number of aromatic nitrogens is 2. The molecule has 2 rings (SSSR count). The van der Waals surface area contributed by atoms with Gasteiger partial charge in [0.25, 0.3) is 0 Å². The Labute approximate surface area is 77.9 Å². The van der Waals surface area contributed by atoms with Crippen LogP contribution in [0.5, 0.6) is 0 Å². The van der Waals surface area contributed by atoms with Crippen LogP contribution in [0.3, 0.4) is 0 Å². The average Bonchev–Trinajstić information content (AvgIpc) is 2.69. The highest BCUT2D eigenvalue weighted by Crippen LogP contribution is 2.00. The predicted molar refractivity (Wildman–Crippen MR) is 48.4 cm³/mol. The molecule has 0 spiro atoms. The Kier molecular flexibility index (Phi) is 2.94. The van der Waals surface area contributed by atoms with Crippen LogP contribution >= 0.6 is 0 Å². The van der Waals surface area contributed by atoms with Crippen molar-refractivity contribution in [1.29, 1.82) is 0 Å². The van der Waals surface area contributed by atoms with Gasteiger partial charge in [-0.1, -0.05) is 0 Å². The first kappa shape index (κ1) is 8.72. The Balaban J connectivity index is 1.72. The summed E-state index contributed by atoms with van der Waals surface area (Å²) in [6.45, 7) is 4.93. The number of morpholine rings is 1. The summed E-state index contributed by atoms with van der Waals surface area (Å²) in [6.07, 6.45) is 5.84. The fraction of sp³-hybridized carbons (Fsp3) is 0.667. The zero-order valence-electron chi connectivity index (χ0n) is 7.62. The number of hydrogen-bond donors (Lipinski definition) is 1. The smallest absolute Gasteiger partial charge is 0.116 e. The van der Waals surface area contributed by atoms with E-state index in [1.54, 1.807) is 0 Å². The topological polar surface area (TPSA) is 41.2 Å². The number of nitrogens with zero attached hydrogens (tertiary/aromatic N) is 2. The van der Waals surface area contributed by atoms with Gasteiger partial charge >= 0.3 is 0 Å². The van der Waals surface area contributed by atoms with Crippen molar-refractivity contribution in [2.24, 2.45) is 0 Å². The third-order valence-electron chi connectivity index (χ3n) is 2.30. The van der Waals surface area contributed by atoms with E-state index < -0.39 is 0 Å². The molecular formula is C9H14N3O. The summed E-state index contributed by atoms with van der Waals surface area (Å²) in [5.41, 5.74) is 1.16. The van der Waals surface area contributed by atoms with Crippen molar-refractivity contribution in [3.8, 4) is 0 Å². The van der Waals surface area contributed by atoms with Crippen molar-refractivity contribution in [1.82, 2.24) is 15.1 Å². The molecule has 71 valence electrons. The standard InChI is InChI=1S/C9H14N3O/c1(9-7-10-11-8-9)2-12-3-5-13-6-4-12/h7H,1-6H2,(H,10,11). The molecule has 1 fully saturated rings. The molecule has 1 aromatic rings. The Hall–Kier alpha value is -0.870. The fourth-order valence-electron chi connectivity index (χ4n) is 1.48. The van der Waals surface area contributed by atoms with E-state index in [4.69, 9.17) is 4.74 Å². The van der Waals surface area contributed by atoms with Gasteiger partial charge in [-0.3, -0.25) is 10.00 Å². The van der Waals surface area contributed by atoms with Crippen LogP contribution in [-0.2, 0) is 11.2 Å². The molecule has 0 amide bonds. The molecule has 1 aromatic heterocycles. The lowest BCUT2D eigenvalue weighted by atomic mass is 10.2. The number of H-pyrrole nitrogens is 1. The number of ether oxygens (including phenoxy) is 1. The van der Waals surface area contributed by atoms with Crippen LogP contribution < -0.4 is 0 Å². The first-order valence-electron chi connectivity index (χ1n) is 4.65. The van der Waals surface area contributed by atoms with E-state index in [2.05, 4.69) is 21.3 Å². The maximum Gasteiger partial charge on any atom is 0.116 e. The SMILES string of the molecule is [c]1n[nH]cc1CCN1CCOCC1. The molecule has 0 aromatic carbocycles. The monoisotopic (exact) mass is 180 g/mol. The summed E-state index contributed by atoms with van der Waals surface area (Å²) in [5.74, 6) is 0. The molecule has 0 aliphatic carbocycles. The van der Waals surface area contributed by atoms with Crippen LogP contribution in [0, 0.1) is 6.20 Å². The number of aromatic amines is 1. The fourth-order valence-corrected chi connectivity index (χ4v) is 1.48. The van der Waals surface area contributed by atoms with Crippen LogP contribution in [0.15, 0.2) is 6.20 Å². The first-order valence-corrected chi connectivity index (χ1v) is 4.65. The highest BCUT2D eigenvalue weighted by molar-refractivity contribution is 5.00. The molecule has 1 N–H and O–H groups in total. The van der Waals surface area contributed by atoms with Crippen LogP contribution in [0.2, 0.25) is 0 Å². The zero-order chi connectivity index (χ0) is 8.93. The normalized spacial score (nSPS) is 19.1. The Bertz CT molecular complexity index is 229. The van der Waals surface area contributed by atoms with Crippen molar-refractivity contribution < 1.29 is 4.74 Å². The van der Waals surface area contributed by atoms with Crippen LogP contribution in [0.1, 0.15) is 5.56 Å². The Morgan fingerprint density at radius 1 is 1.54 bits per heavy atom. The number of hydrogen-bond acceptors (Lipinski definition) is 3. The van der Waals surface area contributed by atoms with Gasteiger partial charge in [-0.15, -0.1) is 0 Å². The third kappa shape index (κ3) is 2.54. The summed E-state index contributed by atoms with van der Waals surface area (Å²) < 4.78 is 5.27. The second kappa shape index (κ2) is 4.39. The molecule has 0 saturated carbocycles. The van der Waals surface area contributed by atoms with E-state index in [1.807, 2.05) is 6.20 Å². The van der Waals surface area contributed by atoms with Gasteiger partial charge in [-0.2, -0.15) is 5.10 Å². The quantitative estimate of drug-likeness (QED) is 0.716. The van der Waals surface area contributed by atoms with Gasteiger partial charge in [0.15, 0.2) is 0 Å². The van der Waals surface area contributed by atoms with E-state index in [0.29, 0.717) is 0 Å². The number of nitrogens with one attached hydrogen (secondary N) is 1. The van der Waals surface area contributed by atoms with Gasteiger partial charge in [0.05, 0.1) is 13.2 Å². The molecule has 1 aliphatic rings. The molecule has 4 heteroatoms. The molecule has 0 bridgehead atoms. The highest BCUT2D eigenvalue weighted by atomic mass is 16.5. The average molecular weight is 180 g/mol. The van der Waals surface area contributed by atoms with Gasteiger partial charge in [0.2, 0.25) is 0 Å². The van der Waals surface area contributed by atoms with Crippen LogP contribution in [-0.4, -0.2) is 47.9 Å². The lowest BCUT2D eigenvalue weighted by Crippen LogP contribution is -2.37. The van der Waals surface area contributed by atoms with Gasteiger partial charge < -0.3 is 4.74 Å². The van der Waals surface area contributed by atoms with Gasteiger partial charge in [0.1, 0.15) is 6.20 Å². The molecule has 2 heterocycles. The molecule has 1 aliphatic heterocycles. The molecule has 0 unspecified atom stereocenters. The molecule has 1 saturated heterocycles. The summed E-state index contributed by atoms with van der Waals surface area (Å²) >= 11 is 0. The van der Waals surface area contributed by atoms with E-state index in [9.17, 15) is 0 Å². The van der Waals surface area contributed by atoms with Crippen molar-refractivity contribution in [2.75, 3.05) is 32.8 Å². The largest absolute Gasteiger partial charge is 0.379 e. The Morgan fingerprint density at radius 2 is 2.38 bits per heavy atom. The minimum atomic E-state index is 0.870. The van der Waals surface area contributed by atoms with Crippen molar-refractivity contribution in [2.45, 2.75) is 6.42 Å². The predicted octanol–water partition coefficient (Wildman–Crippen LogP) is 0.0846. The molecular weight excluding hydrogens is 166 g/mol. The lowest BCUT2D eigenvalue weighted by molar-refractivity contribution is 0.0384. The maximum absolute atomic E-state index is 5.27. The van der Waals surface area contributed by atoms with Gasteiger partial charge in [-0.25, -0.2) is 0 Å². The maximum atomic E-state index is 5.27. The minimum Gasteiger partial charge on any atom is -0.379 e. The second-order valence-electron chi connectivity index (χ2n) is 3.23. The zero-order valence-corrected chi connectivity index (χ0v) is 7.62. The second-order valence-corrected chi connectivity index (χ2v) is 3.23. The summed E-state index contributed by atoms with van der Waals surface area (Å²) in [5, 5.41) is 6.56. The van der Waals surface area contributed by atoms with Crippen LogP contribution in [0.4, 0.5) is 0 Å².